The van der Waals surface area contributed by atoms with Crippen molar-refractivity contribution in [2.45, 2.75) is 32.8 Å². The van der Waals surface area contributed by atoms with E-state index in [1.165, 1.54) is 12.1 Å². The number of piperidine rings is 1. The quantitative estimate of drug-likeness (QED) is 0.610. The minimum absolute atomic E-state index is 0.0146. The van der Waals surface area contributed by atoms with Gasteiger partial charge in [0.05, 0.1) is 17.9 Å². The summed E-state index contributed by atoms with van der Waals surface area (Å²) in [6.07, 6.45) is 3.24. The molecule has 0 radical (unpaired) electrons. The van der Waals surface area contributed by atoms with Gasteiger partial charge in [-0.1, -0.05) is 43.7 Å². The number of pyridine rings is 1. The Morgan fingerprint density at radius 3 is 2.33 bits per heavy atom. The van der Waals surface area contributed by atoms with Crippen LogP contribution in [0.5, 0.6) is 0 Å². The van der Waals surface area contributed by atoms with Gasteiger partial charge in [0.15, 0.2) is 0 Å². The molecule has 0 aliphatic carbocycles. The summed E-state index contributed by atoms with van der Waals surface area (Å²) >= 11 is 0. The van der Waals surface area contributed by atoms with Crippen LogP contribution < -0.4 is 10.5 Å². The van der Waals surface area contributed by atoms with Crippen LogP contribution in [-0.2, 0) is 13.7 Å². The number of aromatic nitrogens is 1. The molecule has 0 bridgehead atoms. The van der Waals surface area contributed by atoms with E-state index in [1.54, 1.807) is 17.7 Å². The molecule has 0 spiro atoms. The molecular weight excluding hydrogens is 417 g/mol. The van der Waals surface area contributed by atoms with Crippen LogP contribution in [0.25, 0.3) is 22.4 Å². The molecule has 3 aromatic rings. The van der Waals surface area contributed by atoms with Gasteiger partial charge in [-0.05, 0) is 53.6 Å². The SMILES string of the molecule is CCC1CCN(c2cc(-c3ccc(C#N)c(F)c3)c(-c3ccc(CO)cc3)n(C)c2=O)CC1. The predicted molar refractivity (Wildman–Crippen MR) is 128 cm³/mol. The van der Waals surface area contributed by atoms with E-state index in [4.69, 9.17) is 5.26 Å². The number of halogens is 1. The first-order chi connectivity index (χ1) is 16.0. The Morgan fingerprint density at radius 1 is 1.09 bits per heavy atom. The molecule has 1 aliphatic rings. The van der Waals surface area contributed by atoms with Gasteiger partial charge in [0.1, 0.15) is 17.6 Å². The lowest BCUT2D eigenvalue weighted by Gasteiger charge is -2.33. The lowest BCUT2D eigenvalue weighted by Crippen LogP contribution is -2.38. The zero-order chi connectivity index (χ0) is 23.5. The van der Waals surface area contributed by atoms with Crippen LogP contribution in [0.1, 0.15) is 37.3 Å². The Hall–Kier alpha value is -3.43. The zero-order valence-corrected chi connectivity index (χ0v) is 19.0. The average molecular weight is 446 g/mol. The van der Waals surface area contributed by atoms with Gasteiger partial charge in [0, 0.05) is 25.7 Å². The summed E-state index contributed by atoms with van der Waals surface area (Å²) in [7, 11) is 1.74. The number of anilines is 1. The Kier molecular flexibility index (Phi) is 6.62. The molecule has 0 atom stereocenters. The van der Waals surface area contributed by atoms with Gasteiger partial charge < -0.3 is 14.6 Å². The van der Waals surface area contributed by atoms with E-state index in [2.05, 4.69) is 11.8 Å². The summed E-state index contributed by atoms with van der Waals surface area (Å²) in [5.41, 5.74) is 4.07. The van der Waals surface area contributed by atoms with E-state index in [-0.39, 0.29) is 17.7 Å². The van der Waals surface area contributed by atoms with E-state index in [0.717, 1.165) is 49.0 Å². The maximum absolute atomic E-state index is 14.6. The molecule has 0 unspecified atom stereocenters. The number of hydrogen-bond acceptors (Lipinski definition) is 4. The molecule has 33 heavy (non-hydrogen) atoms. The first-order valence-electron chi connectivity index (χ1n) is 11.4. The Labute approximate surface area is 193 Å². The molecule has 2 heterocycles. The van der Waals surface area contributed by atoms with Crippen LogP contribution in [0.3, 0.4) is 0 Å². The van der Waals surface area contributed by atoms with Crippen LogP contribution in [0.2, 0.25) is 0 Å². The van der Waals surface area contributed by atoms with Crippen molar-refractivity contribution in [3.63, 3.8) is 0 Å². The number of nitrogens with zero attached hydrogens (tertiary/aromatic N) is 3. The van der Waals surface area contributed by atoms with Crippen molar-refractivity contribution in [2.75, 3.05) is 18.0 Å². The third kappa shape index (κ3) is 4.42. The molecule has 1 fully saturated rings. The summed E-state index contributed by atoms with van der Waals surface area (Å²) in [4.78, 5) is 15.6. The first kappa shape index (κ1) is 22.8. The summed E-state index contributed by atoms with van der Waals surface area (Å²) in [6.45, 7) is 3.77. The van der Waals surface area contributed by atoms with Crippen molar-refractivity contribution < 1.29 is 9.50 Å². The largest absolute Gasteiger partial charge is 0.392 e. The highest BCUT2D eigenvalue weighted by molar-refractivity contribution is 5.84. The molecule has 5 nitrogen and oxygen atoms in total. The Morgan fingerprint density at radius 2 is 1.76 bits per heavy atom. The fourth-order valence-electron chi connectivity index (χ4n) is 4.64. The highest BCUT2D eigenvalue weighted by Crippen LogP contribution is 2.35. The van der Waals surface area contributed by atoms with Crippen molar-refractivity contribution in [1.29, 1.82) is 5.26 Å². The fourth-order valence-corrected chi connectivity index (χ4v) is 4.64. The van der Waals surface area contributed by atoms with E-state index in [0.29, 0.717) is 22.9 Å². The topological polar surface area (TPSA) is 69.3 Å². The second-order valence-electron chi connectivity index (χ2n) is 8.66. The molecule has 0 amide bonds. The Bertz CT molecular complexity index is 1250. The minimum Gasteiger partial charge on any atom is -0.392 e. The van der Waals surface area contributed by atoms with Gasteiger partial charge in [-0.25, -0.2) is 4.39 Å². The van der Waals surface area contributed by atoms with Gasteiger partial charge >= 0.3 is 0 Å². The van der Waals surface area contributed by atoms with Crippen LogP contribution >= 0.6 is 0 Å². The number of rotatable bonds is 5. The smallest absolute Gasteiger partial charge is 0.274 e. The van der Waals surface area contributed by atoms with Crippen molar-refractivity contribution in [3.05, 3.63) is 75.8 Å². The molecule has 1 N–H and O–H groups in total. The zero-order valence-electron chi connectivity index (χ0n) is 19.0. The van der Waals surface area contributed by atoms with Crippen LogP contribution in [0, 0.1) is 23.1 Å². The second kappa shape index (κ2) is 9.60. The first-order valence-corrected chi connectivity index (χ1v) is 11.4. The number of benzene rings is 2. The van der Waals surface area contributed by atoms with Crippen molar-refractivity contribution >= 4 is 5.69 Å². The van der Waals surface area contributed by atoms with Gasteiger partial charge in [0.2, 0.25) is 0 Å². The third-order valence-electron chi connectivity index (χ3n) is 6.74. The van der Waals surface area contributed by atoms with Crippen molar-refractivity contribution in [2.24, 2.45) is 13.0 Å². The fraction of sp³-hybridized carbons (Fsp3) is 0.333. The number of hydrogen-bond donors (Lipinski definition) is 1. The monoisotopic (exact) mass is 445 g/mol. The van der Waals surface area contributed by atoms with Crippen molar-refractivity contribution in [3.8, 4) is 28.5 Å². The van der Waals surface area contributed by atoms with E-state index < -0.39 is 5.82 Å². The maximum atomic E-state index is 14.6. The summed E-state index contributed by atoms with van der Waals surface area (Å²) in [5.74, 6) is 0.0947. The molecule has 1 aliphatic heterocycles. The molecular formula is C27H28FN3O2. The highest BCUT2D eigenvalue weighted by atomic mass is 19.1. The molecule has 0 saturated carbocycles. The summed E-state index contributed by atoms with van der Waals surface area (Å²) in [5, 5.41) is 18.5. The van der Waals surface area contributed by atoms with Crippen LogP contribution in [-0.4, -0.2) is 22.8 Å². The minimum atomic E-state index is -0.587. The van der Waals surface area contributed by atoms with Gasteiger partial charge in [-0.15, -0.1) is 0 Å². The molecule has 6 heteroatoms. The second-order valence-corrected chi connectivity index (χ2v) is 8.66. The molecule has 2 aromatic carbocycles. The van der Waals surface area contributed by atoms with E-state index >= 15 is 0 Å². The third-order valence-corrected chi connectivity index (χ3v) is 6.74. The Balaban J connectivity index is 1.90. The predicted octanol–water partition coefficient (Wildman–Crippen LogP) is 4.85. The van der Waals surface area contributed by atoms with Crippen LogP contribution in [0.15, 0.2) is 53.3 Å². The maximum Gasteiger partial charge on any atom is 0.274 e. The highest BCUT2D eigenvalue weighted by Gasteiger charge is 2.24. The van der Waals surface area contributed by atoms with Crippen molar-refractivity contribution in [1.82, 2.24) is 4.57 Å². The normalized spacial score (nSPS) is 14.3. The number of aliphatic hydroxyl groups excluding tert-OH is 1. The standard InChI is InChI=1S/C27H28FN3O2/c1-3-18-10-12-31(13-11-18)25-15-23(21-8-9-22(16-29)24(28)14-21)26(30(2)27(25)33)20-6-4-19(17-32)5-7-20/h4-9,14-15,18,32H,3,10-13,17H2,1-2H3. The molecule has 1 aromatic heterocycles. The molecule has 1 saturated heterocycles. The number of aliphatic hydroxyl groups is 1. The van der Waals surface area contributed by atoms with E-state index in [1.807, 2.05) is 36.4 Å². The lowest BCUT2D eigenvalue weighted by molar-refractivity contribution is 0.282. The van der Waals surface area contributed by atoms with Gasteiger partial charge in [-0.2, -0.15) is 5.26 Å². The van der Waals surface area contributed by atoms with Crippen LogP contribution in [0.4, 0.5) is 10.1 Å². The lowest BCUT2D eigenvalue weighted by atomic mass is 9.93. The van der Waals surface area contributed by atoms with Gasteiger partial charge in [-0.3, -0.25) is 4.79 Å². The molecule has 170 valence electrons. The number of nitriles is 1. The van der Waals surface area contributed by atoms with E-state index in [9.17, 15) is 14.3 Å². The molecule has 4 rings (SSSR count). The summed E-state index contributed by atoms with van der Waals surface area (Å²) in [6, 6.07) is 15.6. The average Bonchev–Trinajstić information content (AvgIpc) is 2.85. The summed E-state index contributed by atoms with van der Waals surface area (Å²) < 4.78 is 16.2. The van der Waals surface area contributed by atoms with Gasteiger partial charge in [0.25, 0.3) is 5.56 Å².